The van der Waals surface area contributed by atoms with Crippen molar-refractivity contribution in [3.8, 4) is 5.75 Å². The maximum absolute atomic E-state index is 12.9. The van der Waals surface area contributed by atoms with Crippen LogP contribution in [0, 0.1) is 20.8 Å². The lowest BCUT2D eigenvalue weighted by atomic mass is 10.1. The average molecular weight is 428 g/mol. The molecule has 0 aliphatic carbocycles. The normalized spacial score (nSPS) is 10.7. The van der Waals surface area contributed by atoms with Crippen molar-refractivity contribution in [3.05, 3.63) is 106 Å². The van der Waals surface area contributed by atoms with E-state index in [4.69, 9.17) is 9.26 Å². The maximum Gasteiger partial charge on any atom is 0.278 e. The van der Waals surface area contributed by atoms with Crippen molar-refractivity contribution in [1.29, 1.82) is 0 Å². The summed E-state index contributed by atoms with van der Waals surface area (Å²) in [5.74, 6) is 1.04. The number of carbonyl (C=O) groups is 1. The van der Waals surface area contributed by atoms with Crippen LogP contribution in [0.3, 0.4) is 0 Å². The van der Waals surface area contributed by atoms with Crippen molar-refractivity contribution in [2.24, 2.45) is 0 Å². The Morgan fingerprint density at radius 2 is 1.59 bits per heavy atom. The molecule has 0 unspecified atom stereocenters. The van der Waals surface area contributed by atoms with Gasteiger partial charge in [-0.2, -0.15) is 0 Å². The SMILES string of the molecule is Cc1cccc(C)c1OCc1c(C(=O)Nc2ccc(Cc3ccncc3)cc2)noc1C. The van der Waals surface area contributed by atoms with Gasteiger partial charge in [-0.05, 0) is 73.7 Å². The molecule has 4 rings (SSSR count). The van der Waals surface area contributed by atoms with Crippen LogP contribution in [0.4, 0.5) is 5.69 Å². The van der Waals surface area contributed by atoms with Gasteiger partial charge < -0.3 is 14.6 Å². The Morgan fingerprint density at radius 3 is 2.28 bits per heavy atom. The zero-order chi connectivity index (χ0) is 22.5. The third kappa shape index (κ3) is 4.86. The average Bonchev–Trinajstić information content (AvgIpc) is 3.16. The Morgan fingerprint density at radius 1 is 0.938 bits per heavy atom. The minimum atomic E-state index is -0.330. The number of nitrogens with one attached hydrogen (secondary N) is 1. The lowest BCUT2D eigenvalue weighted by Gasteiger charge is -2.12. The number of nitrogens with zero attached hydrogens (tertiary/aromatic N) is 2. The van der Waals surface area contributed by atoms with Crippen molar-refractivity contribution < 1.29 is 14.1 Å². The molecule has 1 amide bonds. The zero-order valence-corrected chi connectivity index (χ0v) is 18.4. The molecule has 0 bridgehead atoms. The van der Waals surface area contributed by atoms with E-state index in [1.54, 1.807) is 19.3 Å². The highest BCUT2D eigenvalue weighted by molar-refractivity contribution is 6.03. The number of ether oxygens (including phenoxy) is 1. The van der Waals surface area contributed by atoms with Gasteiger partial charge in [0.05, 0.1) is 5.56 Å². The van der Waals surface area contributed by atoms with Crippen LogP contribution in [-0.2, 0) is 13.0 Å². The lowest BCUT2D eigenvalue weighted by molar-refractivity contribution is 0.101. The molecule has 0 saturated heterocycles. The number of carbonyl (C=O) groups excluding carboxylic acids is 1. The van der Waals surface area contributed by atoms with Gasteiger partial charge in [0.2, 0.25) is 0 Å². The smallest absolute Gasteiger partial charge is 0.278 e. The monoisotopic (exact) mass is 427 g/mol. The summed E-state index contributed by atoms with van der Waals surface area (Å²) in [6.45, 7) is 5.97. The van der Waals surface area contributed by atoms with Crippen LogP contribution >= 0.6 is 0 Å². The topological polar surface area (TPSA) is 77.2 Å². The van der Waals surface area contributed by atoms with Gasteiger partial charge in [0.25, 0.3) is 5.91 Å². The van der Waals surface area contributed by atoms with Crippen molar-refractivity contribution in [1.82, 2.24) is 10.1 Å². The molecule has 0 radical (unpaired) electrons. The molecule has 1 N–H and O–H groups in total. The number of rotatable bonds is 7. The molecule has 0 aliphatic rings. The number of hydrogen-bond acceptors (Lipinski definition) is 5. The molecule has 2 aromatic heterocycles. The predicted octanol–water partition coefficient (Wildman–Crippen LogP) is 5.42. The van der Waals surface area contributed by atoms with Crippen molar-refractivity contribution >= 4 is 11.6 Å². The summed E-state index contributed by atoms with van der Waals surface area (Å²) in [5.41, 5.74) is 5.97. The van der Waals surface area contributed by atoms with Crippen LogP contribution < -0.4 is 10.1 Å². The Kier molecular flexibility index (Phi) is 6.31. The molecular formula is C26H25N3O3. The fourth-order valence-electron chi connectivity index (χ4n) is 3.54. The molecule has 2 heterocycles. The third-order valence-corrected chi connectivity index (χ3v) is 5.34. The van der Waals surface area contributed by atoms with Gasteiger partial charge in [0, 0.05) is 18.1 Å². The van der Waals surface area contributed by atoms with Gasteiger partial charge in [0.15, 0.2) is 5.69 Å². The van der Waals surface area contributed by atoms with E-state index in [2.05, 4.69) is 15.5 Å². The van der Waals surface area contributed by atoms with Crippen molar-refractivity contribution in [2.45, 2.75) is 33.8 Å². The molecule has 0 saturated carbocycles. The van der Waals surface area contributed by atoms with Crippen LogP contribution in [0.2, 0.25) is 0 Å². The standard InChI is InChI=1S/C26H25N3O3/c1-17-5-4-6-18(2)25(17)31-16-23-19(3)32-29-24(23)26(30)28-22-9-7-20(8-10-22)15-21-11-13-27-14-12-21/h4-14H,15-16H2,1-3H3,(H,28,30). The summed E-state index contributed by atoms with van der Waals surface area (Å²) in [5, 5.41) is 6.87. The van der Waals surface area contributed by atoms with Gasteiger partial charge in [-0.3, -0.25) is 9.78 Å². The van der Waals surface area contributed by atoms with Gasteiger partial charge >= 0.3 is 0 Å². The van der Waals surface area contributed by atoms with Crippen LogP contribution in [0.5, 0.6) is 5.75 Å². The Balaban J connectivity index is 1.44. The first-order valence-electron chi connectivity index (χ1n) is 10.4. The van der Waals surface area contributed by atoms with Crippen LogP contribution in [-0.4, -0.2) is 16.0 Å². The summed E-state index contributed by atoms with van der Waals surface area (Å²) in [6, 6.07) is 17.7. The van der Waals surface area contributed by atoms with E-state index in [-0.39, 0.29) is 18.2 Å². The lowest BCUT2D eigenvalue weighted by Crippen LogP contribution is -2.15. The van der Waals surface area contributed by atoms with Crippen LogP contribution in [0.15, 0.2) is 71.5 Å². The predicted molar refractivity (Wildman–Crippen MR) is 123 cm³/mol. The quantitative estimate of drug-likeness (QED) is 0.426. The Hall–Kier alpha value is -3.93. The molecular weight excluding hydrogens is 402 g/mol. The largest absolute Gasteiger partial charge is 0.488 e. The second-order valence-electron chi connectivity index (χ2n) is 7.76. The fraction of sp³-hybridized carbons (Fsp3) is 0.192. The van der Waals surface area contributed by atoms with E-state index in [0.29, 0.717) is 17.0 Å². The molecule has 6 nitrogen and oxygen atoms in total. The Bertz CT molecular complexity index is 1190. The summed E-state index contributed by atoms with van der Waals surface area (Å²) in [6.07, 6.45) is 4.37. The Labute approximate surface area is 187 Å². The van der Waals surface area contributed by atoms with Gasteiger partial charge in [0.1, 0.15) is 18.1 Å². The van der Waals surface area contributed by atoms with E-state index in [0.717, 1.165) is 28.9 Å². The molecule has 2 aromatic carbocycles. The number of anilines is 1. The van der Waals surface area contributed by atoms with E-state index >= 15 is 0 Å². The summed E-state index contributed by atoms with van der Waals surface area (Å²) in [4.78, 5) is 16.9. The molecule has 0 atom stereocenters. The molecule has 162 valence electrons. The number of para-hydroxylation sites is 1. The number of amides is 1. The third-order valence-electron chi connectivity index (χ3n) is 5.34. The number of benzene rings is 2. The minimum absolute atomic E-state index is 0.203. The van der Waals surface area contributed by atoms with E-state index in [1.165, 1.54) is 5.56 Å². The molecule has 0 spiro atoms. The van der Waals surface area contributed by atoms with Crippen LogP contribution in [0.1, 0.15) is 44.1 Å². The first-order valence-corrected chi connectivity index (χ1v) is 10.4. The highest BCUT2D eigenvalue weighted by atomic mass is 16.5. The summed E-state index contributed by atoms with van der Waals surface area (Å²) >= 11 is 0. The number of pyridine rings is 1. The first kappa shape index (κ1) is 21.3. The summed E-state index contributed by atoms with van der Waals surface area (Å²) in [7, 11) is 0. The second-order valence-corrected chi connectivity index (χ2v) is 7.76. The number of aryl methyl sites for hydroxylation is 3. The highest BCUT2D eigenvalue weighted by Crippen LogP contribution is 2.25. The highest BCUT2D eigenvalue weighted by Gasteiger charge is 2.21. The van der Waals surface area contributed by atoms with E-state index in [1.807, 2.05) is 68.4 Å². The fourth-order valence-corrected chi connectivity index (χ4v) is 3.54. The van der Waals surface area contributed by atoms with Crippen molar-refractivity contribution in [3.63, 3.8) is 0 Å². The number of aromatic nitrogens is 2. The molecule has 0 aliphatic heterocycles. The van der Waals surface area contributed by atoms with Gasteiger partial charge in [-0.1, -0.05) is 35.5 Å². The zero-order valence-electron chi connectivity index (χ0n) is 18.4. The second kappa shape index (κ2) is 9.47. The maximum atomic E-state index is 12.9. The van der Waals surface area contributed by atoms with E-state index < -0.39 is 0 Å². The number of hydrogen-bond donors (Lipinski definition) is 1. The van der Waals surface area contributed by atoms with Gasteiger partial charge in [-0.25, -0.2) is 0 Å². The van der Waals surface area contributed by atoms with Crippen molar-refractivity contribution in [2.75, 3.05) is 5.32 Å². The molecule has 6 heteroatoms. The van der Waals surface area contributed by atoms with Crippen LogP contribution in [0.25, 0.3) is 0 Å². The molecule has 0 fully saturated rings. The molecule has 32 heavy (non-hydrogen) atoms. The summed E-state index contributed by atoms with van der Waals surface area (Å²) < 4.78 is 11.3. The van der Waals surface area contributed by atoms with Gasteiger partial charge in [-0.15, -0.1) is 0 Å². The van der Waals surface area contributed by atoms with E-state index in [9.17, 15) is 4.79 Å². The minimum Gasteiger partial charge on any atom is -0.488 e. The molecule has 4 aromatic rings. The first-order chi connectivity index (χ1) is 15.5.